The van der Waals surface area contributed by atoms with Crippen LogP contribution in [0, 0.1) is 16.7 Å². The second-order valence-corrected chi connectivity index (χ2v) is 12.2. The lowest BCUT2D eigenvalue weighted by Crippen LogP contribution is -2.44. The van der Waals surface area contributed by atoms with Crippen LogP contribution in [0.15, 0.2) is 40.9 Å². The summed E-state index contributed by atoms with van der Waals surface area (Å²) in [6, 6.07) is 8.54. The molecular formula is C27H40BN3O2S3. The zero-order valence-corrected chi connectivity index (χ0v) is 24.9. The van der Waals surface area contributed by atoms with Crippen molar-refractivity contribution in [1.29, 1.82) is 10.8 Å². The van der Waals surface area contributed by atoms with Crippen LogP contribution in [0.3, 0.4) is 0 Å². The molecule has 1 aliphatic rings. The largest absolute Gasteiger partial charge is 0.387 e. The van der Waals surface area contributed by atoms with E-state index < -0.39 is 11.2 Å². The first-order valence-corrected chi connectivity index (χ1v) is 13.8. The topological polar surface area (TPSA) is 101 Å². The van der Waals surface area contributed by atoms with Gasteiger partial charge in [0.2, 0.25) is 0 Å². The molecule has 9 heteroatoms. The lowest BCUT2D eigenvalue weighted by atomic mass is 9.86. The van der Waals surface area contributed by atoms with E-state index in [1.165, 1.54) is 46.5 Å². The van der Waals surface area contributed by atoms with Gasteiger partial charge in [-0.15, -0.1) is 22.7 Å². The summed E-state index contributed by atoms with van der Waals surface area (Å²) in [5.74, 6) is 0.774. The van der Waals surface area contributed by atoms with Crippen LogP contribution in [0.2, 0.25) is 0 Å². The standard InChI is InChI=1S/C21H24BN3S2.C6H14O2.H2S/c1-3-5-6-13(4-2)11-14-7-8-16(26-14)17-9-10-18(27-17)21-20(24)19(23)15(22)12-25-21;1-5(2,7)6(3,4)8;/h7-10,12-13,23-24H,3-6,11H2,1-2H3;7-8H,1-4H3;1H2. The molecule has 0 spiro atoms. The van der Waals surface area contributed by atoms with Gasteiger partial charge in [-0.1, -0.05) is 45.0 Å². The first-order valence-electron chi connectivity index (χ1n) is 12.1. The van der Waals surface area contributed by atoms with E-state index in [-0.39, 0.29) is 30.4 Å². The van der Waals surface area contributed by atoms with Gasteiger partial charge in [0.1, 0.15) is 19.3 Å². The quantitative estimate of drug-likeness (QED) is 0.263. The predicted molar refractivity (Wildman–Crippen MR) is 163 cm³/mol. The maximum Gasteiger partial charge on any atom is 0.119 e. The molecule has 2 aromatic rings. The molecular weight excluding hydrogens is 505 g/mol. The third-order valence-corrected chi connectivity index (χ3v) is 8.78. The number of unbranched alkanes of at least 4 members (excludes halogenated alkanes) is 1. The number of aliphatic imine (C=N–C) groups is 1. The number of hydrogen-bond donors (Lipinski definition) is 4. The van der Waals surface area contributed by atoms with E-state index in [1.54, 1.807) is 39.0 Å². The van der Waals surface area contributed by atoms with Gasteiger partial charge in [-0.3, -0.25) is 15.8 Å². The minimum Gasteiger partial charge on any atom is -0.387 e. The van der Waals surface area contributed by atoms with Crippen molar-refractivity contribution in [2.45, 2.75) is 84.8 Å². The van der Waals surface area contributed by atoms with Gasteiger partial charge in [0.25, 0.3) is 0 Å². The zero-order valence-electron chi connectivity index (χ0n) is 22.2. The minimum absolute atomic E-state index is 0. The Morgan fingerprint density at radius 1 is 0.917 bits per heavy atom. The molecule has 1 aliphatic heterocycles. The third-order valence-electron chi connectivity index (χ3n) is 6.38. The normalized spacial score (nSPS) is 14.9. The summed E-state index contributed by atoms with van der Waals surface area (Å²) in [7, 11) is 5.68. The van der Waals surface area contributed by atoms with Gasteiger partial charge in [0.15, 0.2) is 0 Å². The molecule has 4 N–H and O–H groups in total. The molecule has 0 bridgehead atoms. The van der Waals surface area contributed by atoms with E-state index in [2.05, 4.69) is 37.0 Å². The number of nitrogens with one attached hydrogen (secondary N) is 2. The summed E-state index contributed by atoms with van der Waals surface area (Å²) >= 11 is 3.49. The Hall–Kier alpha value is -1.52. The van der Waals surface area contributed by atoms with Gasteiger partial charge < -0.3 is 10.2 Å². The van der Waals surface area contributed by atoms with Crippen molar-refractivity contribution in [2.75, 3.05) is 0 Å². The van der Waals surface area contributed by atoms with Crippen molar-refractivity contribution in [3.63, 3.8) is 0 Å². The van der Waals surface area contributed by atoms with E-state index in [9.17, 15) is 0 Å². The highest BCUT2D eigenvalue weighted by molar-refractivity contribution is 7.59. The van der Waals surface area contributed by atoms with E-state index in [0.29, 0.717) is 5.71 Å². The Labute approximate surface area is 232 Å². The summed E-state index contributed by atoms with van der Waals surface area (Å²) in [4.78, 5) is 9.09. The van der Waals surface area contributed by atoms with E-state index in [1.807, 2.05) is 17.4 Å². The number of rotatable bonds is 9. The second-order valence-electron chi connectivity index (χ2n) is 9.98. The van der Waals surface area contributed by atoms with E-state index in [0.717, 1.165) is 17.2 Å². The lowest BCUT2D eigenvalue weighted by molar-refractivity contribution is -0.107. The first kappa shape index (κ1) is 32.5. The fraction of sp³-hybridized carbons (Fsp3) is 0.519. The van der Waals surface area contributed by atoms with E-state index in [4.69, 9.17) is 28.9 Å². The molecule has 0 aliphatic carbocycles. The Balaban J connectivity index is 0.000000625. The van der Waals surface area contributed by atoms with Crippen LogP contribution in [0.4, 0.5) is 0 Å². The molecule has 2 aromatic heterocycles. The Bertz CT molecular complexity index is 1080. The molecule has 196 valence electrons. The van der Waals surface area contributed by atoms with Crippen molar-refractivity contribution in [1.82, 2.24) is 0 Å². The molecule has 0 saturated heterocycles. The van der Waals surface area contributed by atoms with Crippen LogP contribution >= 0.6 is 36.2 Å². The van der Waals surface area contributed by atoms with Crippen molar-refractivity contribution >= 4 is 61.2 Å². The minimum atomic E-state index is -1.01. The second kappa shape index (κ2) is 13.9. The average Bonchev–Trinajstić information content (AvgIpc) is 3.44. The SMILES string of the molecule is CC(C)(O)C(C)(C)O.S.[B]C1=CN=C(c2ccc(-c3ccc(CC(CC)CCCC)s3)s2)C(=N)C1=N. The summed E-state index contributed by atoms with van der Waals surface area (Å²) in [6.07, 6.45) is 7.76. The zero-order chi connectivity index (χ0) is 26.4. The number of hydrogen-bond acceptors (Lipinski definition) is 7. The van der Waals surface area contributed by atoms with Crippen molar-refractivity contribution in [2.24, 2.45) is 10.9 Å². The first-order chi connectivity index (χ1) is 16.3. The highest BCUT2D eigenvalue weighted by Crippen LogP contribution is 2.35. The fourth-order valence-electron chi connectivity index (χ4n) is 3.16. The smallest absolute Gasteiger partial charge is 0.119 e. The maximum atomic E-state index is 9.10. The van der Waals surface area contributed by atoms with Crippen molar-refractivity contribution in [3.05, 3.63) is 45.7 Å². The van der Waals surface area contributed by atoms with Gasteiger partial charge in [0, 0.05) is 20.8 Å². The summed E-state index contributed by atoms with van der Waals surface area (Å²) < 4.78 is 0. The van der Waals surface area contributed by atoms with Gasteiger partial charge in [-0.05, 0) is 64.3 Å². The molecule has 5 nitrogen and oxygen atoms in total. The summed E-state index contributed by atoms with van der Waals surface area (Å²) in [5.41, 5.74) is -1.09. The Kier molecular flexibility index (Phi) is 12.5. The maximum absolute atomic E-state index is 9.10. The monoisotopic (exact) mass is 545 g/mol. The van der Waals surface area contributed by atoms with Gasteiger partial charge >= 0.3 is 0 Å². The molecule has 3 heterocycles. The molecule has 2 radical (unpaired) electrons. The highest BCUT2D eigenvalue weighted by Gasteiger charge is 2.32. The van der Waals surface area contributed by atoms with Gasteiger partial charge in [0.05, 0.1) is 21.8 Å². The Morgan fingerprint density at radius 3 is 2.03 bits per heavy atom. The van der Waals surface area contributed by atoms with Gasteiger partial charge in [-0.25, -0.2) is 0 Å². The highest BCUT2D eigenvalue weighted by atomic mass is 32.1. The van der Waals surface area contributed by atoms with Crippen LogP contribution in [-0.2, 0) is 6.42 Å². The van der Waals surface area contributed by atoms with Crippen LogP contribution in [0.5, 0.6) is 0 Å². The molecule has 1 unspecified atom stereocenters. The van der Waals surface area contributed by atoms with Crippen LogP contribution in [0.1, 0.15) is 77.0 Å². The summed E-state index contributed by atoms with van der Waals surface area (Å²) in [6.45, 7) is 10.9. The molecule has 3 rings (SSSR count). The molecule has 0 fully saturated rings. The Morgan fingerprint density at radius 2 is 1.47 bits per heavy atom. The average molecular weight is 546 g/mol. The molecule has 0 aromatic carbocycles. The third kappa shape index (κ3) is 8.80. The number of aliphatic hydroxyl groups is 2. The number of allylic oxidation sites excluding steroid dienone is 1. The number of thiophene rings is 2. The lowest BCUT2D eigenvalue weighted by Gasteiger charge is -2.31. The molecule has 1 atom stereocenters. The number of nitrogens with zero attached hydrogens (tertiary/aromatic N) is 1. The predicted octanol–water partition coefficient (Wildman–Crippen LogP) is 6.73. The molecule has 0 saturated carbocycles. The van der Waals surface area contributed by atoms with Crippen LogP contribution in [-0.4, -0.2) is 46.4 Å². The van der Waals surface area contributed by atoms with Crippen molar-refractivity contribution < 1.29 is 10.2 Å². The summed E-state index contributed by atoms with van der Waals surface area (Å²) in [5, 5.41) is 34.2. The van der Waals surface area contributed by atoms with Gasteiger partial charge in [-0.2, -0.15) is 13.5 Å². The molecule has 0 amide bonds. The van der Waals surface area contributed by atoms with E-state index >= 15 is 0 Å². The van der Waals surface area contributed by atoms with Crippen LogP contribution < -0.4 is 0 Å². The fourth-order valence-corrected chi connectivity index (χ4v) is 5.38. The molecule has 36 heavy (non-hydrogen) atoms. The van der Waals surface area contributed by atoms with Crippen LogP contribution in [0.25, 0.3) is 9.75 Å². The van der Waals surface area contributed by atoms with Crippen molar-refractivity contribution in [3.8, 4) is 9.75 Å².